The van der Waals surface area contributed by atoms with Crippen LogP contribution >= 0.6 is 0 Å². The molecule has 0 aliphatic carbocycles. The molecule has 1 aromatic carbocycles. The quantitative estimate of drug-likeness (QED) is 0.476. The molecule has 0 aliphatic rings. The number of aryl methyl sites for hydroxylation is 1. The van der Waals surface area contributed by atoms with Crippen LogP contribution in [0.4, 0.5) is 5.69 Å². The zero-order valence-corrected chi connectivity index (χ0v) is 11.2. The molecule has 106 valence electrons. The van der Waals surface area contributed by atoms with Crippen LogP contribution in [0, 0.1) is 10.1 Å². The van der Waals surface area contributed by atoms with Gasteiger partial charge >= 0.3 is 0 Å². The predicted molar refractivity (Wildman–Crippen MR) is 76.4 cm³/mol. The molecule has 0 saturated heterocycles. The van der Waals surface area contributed by atoms with E-state index in [0.717, 1.165) is 30.8 Å². The molecule has 0 atom stereocenters. The summed E-state index contributed by atoms with van der Waals surface area (Å²) in [5.41, 5.74) is 6.49. The van der Waals surface area contributed by atoms with E-state index in [9.17, 15) is 10.1 Å². The van der Waals surface area contributed by atoms with Crippen molar-refractivity contribution in [3.63, 3.8) is 0 Å². The number of hydrogen-bond acceptors (Lipinski definition) is 4. The average molecular weight is 274 g/mol. The molecule has 6 heteroatoms. The Balaban J connectivity index is 2.08. The molecular weight excluding hydrogens is 256 g/mol. The SMILES string of the molecule is NCCCCn1ccnc1Cc1cccc([N+](=O)[O-])c1. The van der Waals surface area contributed by atoms with Crippen LogP contribution in [-0.2, 0) is 13.0 Å². The molecule has 6 nitrogen and oxygen atoms in total. The standard InChI is InChI=1S/C14H18N4O2/c15-6-1-2-8-17-9-7-16-14(17)11-12-4-3-5-13(10-12)18(19)20/h3-5,7,9-10H,1-2,6,8,11,15H2. The zero-order chi connectivity index (χ0) is 14.4. The second-order valence-corrected chi connectivity index (χ2v) is 4.64. The maximum Gasteiger partial charge on any atom is 0.269 e. The molecule has 0 spiro atoms. The maximum absolute atomic E-state index is 10.8. The second kappa shape index (κ2) is 6.81. The molecule has 2 N–H and O–H groups in total. The van der Waals surface area contributed by atoms with Gasteiger partial charge < -0.3 is 10.3 Å². The number of rotatable bonds is 7. The molecule has 20 heavy (non-hydrogen) atoms. The Labute approximate surface area is 117 Å². The summed E-state index contributed by atoms with van der Waals surface area (Å²) < 4.78 is 2.08. The highest BCUT2D eigenvalue weighted by molar-refractivity contribution is 5.35. The van der Waals surface area contributed by atoms with Gasteiger partial charge in [0.2, 0.25) is 0 Å². The Morgan fingerprint density at radius 2 is 2.20 bits per heavy atom. The molecule has 1 aromatic heterocycles. The summed E-state index contributed by atoms with van der Waals surface area (Å²) in [5, 5.41) is 10.8. The van der Waals surface area contributed by atoms with Crippen molar-refractivity contribution in [2.45, 2.75) is 25.8 Å². The topological polar surface area (TPSA) is 87.0 Å². The van der Waals surface area contributed by atoms with E-state index < -0.39 is 0 Å². The number of non-ortho nitro benzene ring substituents is 1. The summed E-state index contributed by atoms with van der Waals surface area (Å²) in [7, 11) is 0. The number of nitro benzene ring substituents is 1. The van der Waals surface area contributed by atoms with E-state index in [2.05, 4.69) is 9.55 Å². The monoisotopic (exact) mass is 274 g/mol. The van der Waals surface area contributed by atoms with Crippen molar-refractivity contribution < 1.29 is 4.92 Å². The van der Waals surface area contributed by atoms with Gasteiger partial charge in [0.25, 0.3) is 5.69 Å². The highest BCUT2D eigenvalue weighted by atomic mass is 16.6. The Bertz CT molecular complexity index is 580. The summed E-state index contributed by atoms with van der Waals surface area (Å²) in [4.78, 5) is 14.7. The van der Waals surface area contributed by atoms with E-state index in [1.165, 1.54) is 6.07 Å². The van der Waals surface area contributed by atoms with Gasteiger partial charge in [-0.2, -0.15) is 0 Å². The molecular formula is C14H18N4O2. The zero-order valence-electron chi connectivity index (χ0n) is 11.2. The number of aromatic nitrogens is 2. The van der Waals surface area contributed by atoms with Crippen molar-refractivity contribution in [2.24, 2.45) is 5.73 Å². The fraction of sp³-hybridized carbons (Fsp3) is 0.357. The number of unbranched alkanes of at least 4 members (excludes halogenated alkanes) is 1. The molecule has 0 aliphatic heterocycles. The molecule has 0 amide bonds. The third kappa shape index (κ3) is 3.64. The number of nitrogens with two attached hydrogens (primary N) is 1. The van der Waals surface area contributed by atoms with Crippen LogP contribution in [-0.4, -0.2) is 21.0 Å². The third-order valence-corrected chi connectivity index (χ3v) is 3.14. The van der Waals surface area contributed by atoms with Crippen molar-refractivity contribution in [3.05, 3.63) is 58.2 Å². The van der Waals surface area contributed by atoms with Gasteiger partial charge in [-0.3, -0.25) is 10.1 Å². The minimum absolute atomic E-state index is 0.115. The van der Waals surface area contributed by atoms with Gasteiger partial charge in [0.05, 0.1) is 4.92 Å². The number of nitro groups is 1. The maximum atomic E-state index is 10.8. The number of nitrogens with zero attached hydrogens (tertiary/aromatic N) is 3. The van der Waals surface area contributed by atoms with Gasteiger partial charge in [0.15, 0.2) is 0 Å². The van der Waals surface area contributed by atoms with E-state index in [1.807, 2.05) is 12.3 Å². The lowest BCUT2D eigenvalue weighted by Gasteiger charge is -2.07. The molecule has 2 aromatic rings. The fourth-order valence-corrected chi connectivity index (χ4v) is 2.10. The Morgan fingerprint density at radius 3 is 2.95 bits per heavy atom. The van der Waals surface area contributed by atoms with E-state index in [0.29, 0.717) is 13.0 Å². The number of benzene rings is 1. The molecule has 1 heterocycles. The molecule has 0 saturated carbocycles. The van der Waals surface area contributed by atoms with E-state index >= 15 is 0 Å². The lowest BCUT2D eigenvalue weighted by Crippen LogP contribution is -2.06. The van der Waals surface area contributed by atoms with Crippen LogP contribution < -0.4 is 5.73 Å². The highest BCUT2D eigenvalue weighted by Crippen LogP contribution is 2.16. The van der Waals surface area contributed by atoms with Crippen molar-refractivity contribution in [1.29, 1.82) is 0 Å². The van der Waals surface area contributed by atoms with Crippen molar-refractivity contribution in [1.82, 2.24) is 9.55 Å². The predicted octanol–water partition coefficient (Wildman–Crippen LogP) is 2.12. The normalized spacial score (nSPS) is 10.7. The Kier molecular flexibility index (Phi) is 4.84. The lowest BCUT2D eigenvalue weighted by atomic mass is 10.1. The molecule has 0 radical (unpaired) electrons. The Hall–Kier alpha value is -2.21. The van der Waals surface area contributed by atoms with Gasteiger partial charge in [-0.15, -0.1) is 0 Å². The van der Waals surface area contributed by atoms with Crippen LogP contribution in [0.3, 0.4) is 0 Å². The van der Waals surface area contributed by atoms with E-state index in [4.69, 9.17) is 5.73 Å². The van der Waals surface area contributed by atoms with Crippen molar-refractivity contribution in [2.75, 3.05) is 6.54 Å². The third-order valence-electron chi connectivity index (χ3n) is 3.14. The second-order valence-electron chi connectivity index (χ2n) is 4.64. The van der Waals surface area contributed by atoms with E-state index in [-0.39, 0.29) is 10.6 Å². The number of hydrogen-bond donors (Lipinski definition) is 1. The first-order valence-electron chi connectivity index (χ1n) is 6.64. The smallest absolute Gasteiger partial charge is 0.269 e. The molecule has 0 unspecified atom stereocenters. The van der Waals surface area contributed by atoms with Gasteiger partial charge in [-0.1, -0.05) is 12.1 Å². The van der Waals surface area contributed by atoms with Gasteiger partial charge in [0, 0.05) is 37.5 Å². The Morgan fingerprint density at radius 1 is 1.35 bits per heavy atom. The van der Waals surface area contributed by atoms with E-state index in [1.54, 1.807) is 18.3 Å². The van der Waals surface area contributed by atoms with Crippen LogP contribution in [0.2, 0.25) is 0 Å². The summed E-state index contributed by atoms with van der Waals surface area (Å²) in [6, 6.07) is 6.68. The summed E-state index contributed by atoms with van der Waals surface area (Å²) >= 11 is 0. The summed E-state index contributed by atoms with van der Waals surface area (Å²) in [5.74, 6) is 0.919. The van der Waals surface area contributed by atoms with Crippen molar-refractivity contribution >= 4 is 5.69 Å². The van der Waals surface area contributed by atoms with Crippen LogP contribution in [0.15, 0.2) is 36.7 Å². The van der Waals surface area contributed by atoms with Gasteiger partial charge in [0.1, 0.15) is 5.82 Å². The van der Waals surface area contributed by atoms with Crippen molar-refractivity contribution in [3.8, 4) is 0 Å². The lowest BCUT2D eigenvalue weighted by molar-refractivity contribution is -0.384. The minimum atomic E-state index is -0.378. The average Bonchev–Trinajstić information content (AvgIpc) is 2.87. The summed E-state index contributed by atoms with van der Waals surface area (Å²) in [6.45, 7) is 1.57. The number of imidazole rings is 1. The highest BCUT2D eigenvalue weighted by Gasteiger charge is 2.08. The molecule has 0 fully saturated rings. The van der Waals surface area contributed by atoms with Gasteiger partial charge in [-0.05, 0) is 24.9 Å². The first-order chi connectivity index (χ1) is 9.70. The summed E-state index contributed by atoms with van der Waals surface area (Å²) in [6.07, 6.45) is 6.28. The molecule has 2 rings (SSSR count). The van der Waals surface area contributed by atoms with Crippen LogP contribution in [0.25, 0.3) is 0 Å². The largest absolute Gasteiger partial charge is 0.335 e. The van der Waals surface area contributed by atoms with Crippen LogP contribution in [0.5, 0.6) is 0 Å². The minimum Gasteiger partial charge on any atom is -0.335 e. The first-order valence-corrected chi connectivity index (χ1v) is 6.64. The fourth-order valence-electron chi connectivity index (χ4n) is 2.10. The van der Waals surface area contributed by atoms with Crippen LogP contribution in [0.1, 0.15) is 24.2 Å². The first kappa shape index (κ1) is 14.2. The van der Waals surface area contributed by atoms with Gasteiger partial charge in [-0.25, -0.2) is 4.98 Å². The molecule has 0 bridgehead atoms.